The van der Waals surface area contributed by atoms with Gasteiger partial charge in [0.25, 0.3) is 5.88 Å². The molecule has 204 valence electrons. The lowest BCUT2D eigenvalue weighted by molar-refractivity contribution is 0.119. The Bertz CT molecular complexity index is 1220. The van der Waals surface area contributed by atoms with Gasteiger partial charge in [-0.2, -0.15) is 0 Å². The molecule has 2 heterocycles. The van der Waals surface area contributed by atoms with E-state index in [2.05, 4.69) is 20.6 Å². The van der Waals surface area contributed by atoms with Gasteiger partial charge in [-0.15, -0.1) is 5.10 Å². The van der Waals surface area contributed by atoms with Crippen molar-refractivity contribution >= 4 is 23.4 Å². The van der Waals surface area contributed by atoms with Gasteiger partial charge in [-0.25, -0.2) is 18.3 Å². The molecule has 0 radical (unpaired) electrons. The molecule has 3 atom stereocenters. The molecule has 0 aliphatic carbocycles. The molecule has 4 rings (SSSR count). The lowest BCUT2D eigenvalue weighted by atomic mass is 9.94. The van der Waals surface area contributed by atoms with E-state index >= 15 is 0 Å². The summed E-state index contributed by atoms with van der Waals surface area (Å²) in [6, 6.07) is 11.4. The Morgan fingerprint density at radius 2 is 1.92 bits per heavy atom. The third-order valence-electron chi connectivity index (χ3n) is 6.13. The minimum atomic E-state index is -0.749. The molecule has 3 unspecified atom stereocenters. The number of likely N-dealkylation sites (tertiary alicyclic amines) is 1. The maximum atomic E-state index is 14.0. The van der Waals surface area contributed by atoms with E-state index in [9.17, 15) is 18.7 Å². The van der Waals surface area contributed by atoms with Crippen molar-refractivity contribution < 1.29 is 28.2 Å². The van der Waals surface area contributed by atoms with Gasteiger partial charge in [0.05, 0.1) is 24.4 Å². The molecule has 9 nitrogen and oxygen atoms in total. The minimum Gasteiger partial charge on any atom is -0.473 e. The van der Waals surface area contributed by atoms with E-state index in [-0.39, 0.29) is 29.2 Å². The van der Waals surface area contributed by atoms with Crippen LogP contribution in [0.25, 0.3) is 5.69 Å². The van der Waals surface area contributed by atoms with E-state index in [1.165, 1.54) is 16.8 Å². The van der Waals surface area contributed by atoms with Gasteiger partial charge in [0.2, 0.25) is 0 Å². The van der Waals surface area contributed by atoms with Crippen molar-refractivity contribution in [2.24, 2.45) is 0 Å². The van der Waals surface area contributed by atoms with Crippen molar-refractivity contribution in [2.45, 2.75) is 25.0 Å². The van der Waals surface area contributed by atoms with E-state index in [1.54, 1.807) is 38.3 Å². The Morgan fingerprint density at radius 3 is 2.58 bits per heavy atom. The maximum Gasteiger partial charge on any atom is 0.320 e. The zero-order valence-corrected chi connectivity index (χ0v) is 21.8. The quantitative estimate of drug-likeness (QED) is 0.356. The number of methoxy groups -OCH3 is 1. The molecule has 3 aromatic rings. The fraction of sp³-hybridized carbons (Fsp3) is 0.385. The monoisotopic (exact) mass is 549 g/mol. The molecule has 38 heavy (non-hydrogen) atoms. The van der Waals surface area contributed by atoms with Crippen molar-refractivity contribution in [3.63, 3.8) is 0 Å². The topological polar surface area (TPSA) is 101 Å². The van der Waals surface area contributed by atoms with Gasteiger partial charge in [0.1, 0.15) is 23.3 Å². The third kappa shape index (κ3) is 6.79. The highest BCUT2D eigenvalue weighted by Gasteiger charge is 2.35. The van der Waals surface area contributed by atoms with Crippen LogP contribution in [-0.2, 0) is 4.74 Å². The highest BCUT2D eigenvalue weighted by Crippen LogP contribution is 2.34. The van der Waals surface area contributed by atoms with Gasteiger partial charge in [-0.05, 0) is 36.8 Å². The van der Waals surface area contributed by atoms with Crippen LogP contribution in [0.1, 0.15) is 18.4 Å². The minimum absolute atomic E-state index is 0.0393. The number of halogens is 3. The summed E-state index contributed by atoms with van der Waals surface area (Å²) in [5.74, 6) is -1.50. The molecular weight excluding hydrogens is 520 g/mol. The van der Waals surface area contributed by atoms with Gasteiger partial charge in [-0.1, -0.05) is 29.8 Å². The first-order valence-electron chi connectivity index (χ1n) is 12.1. The average Bonchev–Trinajstić information content (AvgIpc) is 3.42. The van der Waals surface area contributed by atoms with Crippen LogP contribution in [0.2, 0.25) is 5.02 Å². The molecular formula is C26H30ClF2N5O4. The molecule has 2 aromatic carbocycles. The molecule has 0 saturated carbocycles. The number of hydrogen-bond donors (Lipinski definition) is 3. The highest BCUT2D eigenvalue weighted by molar-refractivity contribution is 6.34. The number of urea groups is 1. The van der Waals surface area contributed by atoms with Crippen molar-refractivity contribution in [3.8, 4) is 11.6 Å². The SMILES string of the molecule is COCCN1CC(NC(=O)Nc2c(Cl)c(OCC(C)O)nn2-c2ccccc2)C(c2cc(F)cc(F)c2)C1. The fourth-order valence-electron chi connectivity index (χ4n) is 4.41. The van der Waals surface area contributed by atoms with Crippen molar-refractivity contribution in [1.82, 2.24) is 20.0 Å². The van der Waals surface area contributed by atoms with E-state index in [0.29, 0.717) is 37.5 Å². The van der Waals surface area contributed by atoms with Crippen LogP contribution in [0.15, 0.2) is 48.5 Å². The summed E-state index contributed by atoms with van der Waals surface area (Å²) in [6.45, 7) is 3.53. The van der Waals surface area contributed by atoms with Gasteiger partial charge < -0.3 is 19.9 Å². The Kier molecular flexibility index (Phi) is 9.16. The van der Waals surface area contributed by atoms with E-state index in [1.807, 2.05) is 6.07 Å². The van der Waals surface area contributed by atoms with Crippen molar-refractivity contribution in [1.29, 1.82) is 0 Å². The Balaban J connectivity index is 1.57. The smallest absolute Gasteiger partial charge is 0.320 e. The summed E-state index contributed by atoms with van der Waals surface area (Å²) in [5.41, 5.74) is 1.07. The number of anilines is 1. The van der Waals surface area contributed by atoms with Gasteiger partial charge in [0.15, 0.2) is 5.82 Å². The summed E-state index contributed by atoms with van der Waals surface area (Å²) in [7, 11) is 1.59. The maximum absolute atomic E-state index is 14.0. The first kappa shape index (κ1) is 27.8. The fourth-order valence-corrected chi connectivity index (χ4v) is 4.63. The van der Waals surface area contributed by atoms with Crippen molar-refractivity contribution in [2.75, 3.05) is 45.3 Å². The number of carbonyl (C=O) groups is 1. The first-order chi connectivity index (χ1) is 18.2. The Morgan fingerprint density at radius 1 is 1.21 bits per heavy atom. The predicted octanol–water partition coefficient (Wildman–Crippen LogP) is 3.80. The molecule has 1 aliphatic heterocycles. The highest BCUT2D eigenvalue weighted by atomic mass is 35.5. The normalized spacial score (nSPS) is 18.4. The number of aliphatic hydroxyl groups is 1. The second kappa shape index (κ2) is 12.5. The van der Waals surface area contributed by atoms with Crippen LogP contribution < -0.4 is 15.4 Å². The molecule has 0 bridgehead atoms. The predicted molar refractivity (Wildman–Crippen MR) is 139 cm³/mol. The molecule has 2 amide bonds. The summed E-state index contributed by atoms with van der Waals surface area (Å²) in [6.07, 6.45) is -0.749. The number of nitrogens with one attached hydrogen (secondary N) is 2. The molecule has 12 heteroatoms. The molecule has 3 N–H and O–H groups in total. The van der Waals surface area contributed by atoms with Gasteiger partial charge >= 0.3 is 6.03 Å². The summed E-state index contributed by atoms with van der Waals surface area (Å²) < 4.78 is 40.1. The zero-order valence-electron chi connectivity index (χ0n) is 21.0. The number of para-hydroxylation sites is 1. The van der Waals surface area contributed by atoms with Crippen LogP contribution in [0, 0.1) is 11.6 Å². The van der Waals surface area contributed by atoms with Gasteiger partial charge in [-0.3, -0.25) is 10.2 Å². The number of aliphatic hydroxyl groups excluding tert-OH is 1. The van der Waals surface area contributed by atoms with Crippen LogP contribution in [0.3, 0.4) is 0 Å². The number of rotatable bonds is 10. The second-order valence-electron chi connectivity index (χ2n) is 9.14. The van der Waals surface area contributed by atoms with Crippen LogP contribution in [-0.4, -0.2) is 77.9 Å². The number of carbonyl (C=O) groups excluding carboxylic acids is 1. The second-order valence-corrected chi connectivity index (χ2v) is 9.52. The number of benzene rings is 2. The van der Waals surface area contributed by atoms with Crippen LogP contribution >= 0.6 is 11.6 Å². The van der Waals surface area contributed by atoms with E-state index in [0.717, 1.165) is 6.07 Å². The number of aromatic nitrogens is 2. The standard InChI is InChI=1S/C26H30ClF2N5O4/c1-16(35)15-38-25-23(27)24(34(32-25)20-6-4-3-5-7-20)31-26(36)30-22-14-33(8-9-37-2)13-21(22)17-10-18(28)12-19(29)11-17/h3-7,10-12,16,21-22,35H,8-9,13-15H2,1-2H3,(H2,30,31,36). The van der Waals surface area contributed by atoms with Crippen molar-refractivity contribution in [3.05, 3.63) is 70.8 Å². The number of hydrogen-bond acceptors (Lipinski definition) is 6. The number of nitrogens with zero attached hydrogens (tertiary/aromatic N) is 3. The summed E-state index contributed by atoms with van der Waals surface area (Å²) in [5, 5.41) is 19.7. The zero-order chi connectivity index (χ0) is 27.2. The number of ether oxygens (including phenoxy) is 2. The lowest BCUT2D eigenvalue weighted by Crippen LogP contribution is -2.42. The Hall–Kier alpha value is -3.25. The van der Waals surface area contributed by atoms with Crippen LogP contribution in [0.5, 0.6) is 5.88 Å². The van der Waals surface area contributed by atoms with Crippen LogP contribution in [0.4, 0.5) is 19.4 Å². The molecule has 1 saturated heterocycles. The first-order valence-corrected chi connectivity index (χ1v) is 12.5. The third-order valence-corrected chi connectivity index (χ3v) is 6.47. The number of amides is 2. The van der Waals surface area contributed by atoms with E-state index in [4.69, 9.17) is 21.1 Å². The molecule has 0 spiro atoms. The van der Waals surface area contributed by atoms with E-state index < -0.39 is 29.8 Å². The van der Waals surface area contributed by atoms with Gasteiger partial charge in [0, 0.05) is 38.7 Å². The largest absolute Gasteiger partial charge is 0.473 e. The molecule has 1 fully saturated rings. The summed E-state index contributed by atoms with van der Waals surface area (Å²) in [4.78, 5) is 15.3. The Labute approximate surface area is 224 Å². The molecule has 1 aromatic heterocycles. The average molecular weight is 550 g/mol. The summed E-state index contributed by atoms with van der Waals surface area (Å²) >= 11 is 6.53. The lowest BCUT2D eigenvalue weighted by Gasteiger charge is -2.21. The molecule has 1 aliphatic rings.